The first-order valence-electron chi connectivity index (χ1n) is 12.8. The third-order valence-electron chi connectivity index (χ3n) is 8.60. The molecule has 1 aliphatic carbocycles. The fourth-order valence-electron chi connectivity index (χ4n) is 6.34. The number of benzene rings is 2. The zero-order chi connectivity index (χ0) is 24.3. The van der Waals surface area contributed by atoms with E-state index in [9.17, 15) is 9.18 Å². The Hall–Kier alpha value is -3.74. The van der Waals surface area contributed by atoms with E-state index in [-0.39, 0.29) is 22.8 Å². The minimum atomic E-state index is -0.381. The predicted octanol–water partition coefficient (Wildman–Crippen LogP) is 5.37. The number of fused-ring (bicyclic) bond motifs is 3. The number of hydrogen-bond donors (Lipinski definition) is 1. The van der Waals surface area contributed by atoms with Gasteiger partial charge in [0.25, 0.3) is 0 Å². The lowest BCUT2D eigenvalue weighted by atomic mass is 9.72. The summed E-state index contributed by atoms with van der Waals surface area (Å²) >= 11 is 0. The molecule has 1 saturated carbocycles. The van der Waals surface area contributed by atoms with E-state index in [2.05, 4.69) is 33.2 Å². The summed E-state index contributed by atoms with van der Waals surface area (Å²) in [7, 11) is 0. The summed E-state index contributed by atoms with van der Waals surface area (Å²) in [6.07, 6.45) is 6.67. The van der Waals surface area contributed by atoms with Gasteiger partial charge in [0.05, 0.1) is 16.7 Å². The Balaban J connectivity index is 1.11. The van der Waals surface area contributed by atoms with Gasteiger partial charge in [-0.05, 0) is 68.0 Å². The quantitative estimate of drug-likeness (QED) is 0.428. The minimum Gasteiger partial charge on any atom is -0.328 e. The molecule has 1 atom stereocenters. The lowest BCUT2D eigenvalue weighted by Crippen LogP contribution is -2.54. The molecule has 182 valence electrons. The molecule has 1 N–H and O–H groups in total. The average molecular weight is 482 g/mol. The fourth-order valence-corrected chi connectivity index (χ4v) is 6.34. The van der Waals surface area contributed by atoms with Crippen molar-refractivity contribution in [2.24, 2.45) is 0 Å². The van der Waals surface area contributed by atoms with E-state index in [1.165, 1.54) is 17.8 Å². The number of hydrogen-bond acceptors (Lipinski definition) is 3. The Morgan fingerprint density at radius 1 is 0.972 bits per heavy atom. The number of carbonyl (C=O) groups is 1. The van der Waals surface area contributed by atoms with E-state index in [0.717, 1.165) is 72.9 Å². The number of likely N-dealkylation sites (tertiary alicyclic amines) is 1. The maximum atomic E-state index is 13.5. The molecule has 7 heteroatoms. The Morgan fingerprint density at radius 2 is 1.78 bits per heavy atom. The molecule has 1 saturated heterocycles. The van der Waals surface area contributed by atoms with Gasteiger partial charge in [0.15, 0.2) is 0 Å². The van der Waals surface area contributed by atoms with Gasteiger partial charge >= 0.3 is 6.03 Å². The number of aromatic nitrogens is 3. The number of nitrogens with zero attached hydrogens (tertiary/aromatic N) is 4. The van der Waals surface area contributed by atoms with Crippen molar-refractivity contribution in [1.29, 1.82) is 0 Å². The Labute approximate surface area is 209 Å². The molecule has 3 aliphatic rings. The molecule has 2 fully saturated rings. The van der Waals surface area contributed by atoms with E-state index < -0.39 is 0 Å². The number of carbonyl (C=O) groups excluding carboxylic acids is 1. The van der Waals surface area contributed by atoms with Gasteiger partial charge in [-0.25, -0.2) is 9.18 Å². The highest BCUT2D eigenvalue weighted by molar-refractivity contribution is 5.83. The van der Waals surface area contributed by atoms with Crippen molar-refractivity contribution in [3.05, 3.63) is 83.9 Å². The van der Waals surface area contributed by atoms with Crippen LogP contribution in [0.25, 0.3) is 22.2 Å². The van der Waals surface area contributed by atoms with Gasteiger partial charge in [-0.15, -0.1) is 0 Å². The number of nitrogens with one attached hydrogen (secondary N) is 1. The number of amides is 2. The number of aryl methyl sites for hydroxylation is 1. The van der Waals surface area contributed by atoms with Crippen LogP contribution in [0.15, 0.2) is 66.9 Å². The van der Waals surface area contributed by atoms with Crippen LogP contribution in [0.1, 0.15) is 43.4 Å². The van der Waals surface area contributed by atoms with Crippen LogP contribution in [-0.2, 0) is 17.5 Å². The third-order valence-corrected chi connectivity index (χ3v) is 8.60. The first-order chi connectivity index (χ1) is 17.5. The minimum absolute atomic E-state index is 0.0205. The second-order valence-corrected chi connectivity index (χ2v) is 10.6. The van der Waals surface area contributed by atoms with E-state index in [1.807, 2.05) is 29.3 Å². The maximum absolute atomic E-state index is 13.5. The summed E-state index contributed by atoms with van der Waals surface area (Å²) in [5.41, 5.74) is 4.71. The molecule has 0 radical (unpaired) electrons. The van der Waals surface area contributed by atoms with Gasteiger partial charge in [-0.1, -0.05) is 30.3 Å². The Bertz CT molecular complexity index is 1470. The van der Waals surface area contributed by atoms with Crippen LogP contribution < -0.4 is 5.32 Å². The molecular formula is C29H28FN5O. The molecule has 4 heterocycles. The lowest BCUT2D eigenvalue weighted by molar-refractivity contribution is 0.154. The molecule has 2 aromatic heterocycles. The molecule has 2 aromatic carbocycles. The fraction of sp³-hybridized carbons (Fsp3) is 0.345. The zero-order valence-electron chi connectivity index (χ0n) is 20.1. The summed E-state index contributed by atoms with van der Waals surface area (Å²) < 4.78 is 15.6. The molecule has 0 bridgehead atoms. The molecule has 2 amide bonds. The third kappa shape index (κ3) is 3.33. The number of pyridine rings is 1. The molecule has 1 spiro atoms. The van der Waals surface area contributed by atoms with Crippen molar-refractivity contribution in [2.45, 2.75) is 49.6 Å². The van der Waals surface area contributed by atoms with Crippen LogP contribution in [0.5, 0.6) is 0 Å². The van der Waals surface area contributed by atoms with E-state index in [1.54, 1.807) is 12.1 Å². The van der Waals surface area contributed by atoms with Crippen molar-refractivity contribution in [1.82, 2.24) is 25.0 Å². The van der Waals surface area contributed by atoms with Gasteiger partial charge in [0.1, 0.15) is 5.82 Å². The van der Waals surface area contributed by atoms with Crippen LogP contribution >= 0.6 is 0 Å². The summed E-state index contributed by atoms with van der Waals surface area (Å²) in [4.78, 5) is 20.0. The van der Waals surface area contributed by atoms with Gasteiger partial charge in [0, 0.05) is 47.9 Å². The molecule has 36 heavy (non-hydrogen) atoms. The first kappa shape index (κ1) is 21.5. The Morgan fingerprint density at radius 3 is 2.58 bits per heavy atom. The Kier molecular flexibility index (Phi) is 4.72. The average Bonchev–Trinajstić information content (AvgIpc) is 3.58. The van der Waals surface area contributed by atoms with Gasteiger partial charge in [-0.3, -0.25) is 9.67 Å². The smallest absolute Gasteiger partial charge is 0.318 e. The second kappa shape index (κ2) is 7.88. The molecule has 4 aromatic rings. The molecule has 1 unspecified atom stereocenters. The molecule has 6 nitrogen and oxygen atoms in total. The van der Waals surface area contributed by atoms with Crippen molar-refractivity contribution in [3.63, 3.8) is 0 Å². The van der Waals surface area contributed by atoms with E-state index >= 15 is 0 Å². The zero-order valence-corrected chi connectivity index (χ0v) is 20.1. The van der Waals surface area contributed by atoms with E-state index in [4.69, 9.17) is 5.10 Å². The van der Waals surface area contributed by atoms with Crippen LogP contribution in [-0.4, -0.2) is 38.8 Å². The molecular weight excluding hydrogens is 453 g/mol. The summed E-state index contributed by atoms with van der Waals surface area (Å²) in [5, 5.41) is 9.34. The van der Waals surface area contributed by atoms with Crippen molar-refractivity contribution in [3.8, 4) is 11.3 Å². The van der Waals surface area contributed by atoms with Crippen molar-refractivity contribution in [2.75, 3.05) is 13.1 Å². The standard InChI is InChI=1S/C29H28FN5O/c30-23-8-6-22(7-9-23)29(10-3-11-29)32-27(36)34-14-12-28(19-34)13-15-35-26(28)17-25(33-35)21-16-20-4-1-2-5-24(20)31-18-21/h1-2,4-9,16-18H,3,10-15,19H2,(H,32,36). The summed E-state index contributed by atoms with van der Waals surface area (Å²) in [6, 6.07) is 19.0. The number of rotatable bonds is 3. The maximum Gasteiger partial charge on any atom is 0.318 e. The van der Waals surface area contributed by atoms with Crippen molar-refractivity contribution < 1.29 is 9.18 Å². The van der Waals surface area contributed by atoms with Crippen molar-refractivity contribution >= 4 is 16.9 Å². The van der Waals surface area contributed by atoms with Crippen LogP contribution in [0.4, 0.5) is 9.18 Å². The SMILES string of the molecule is O=C(NC1(c2ccc(F)cc2)CCC1)N1CCC2(CCn3nc(-c4cnc5ccccc5c4)cc32)C1. The monoisotopic (exact) mass is 481 g/mol. The van der Waals surface area contributed by atoms with Crippen LogP contribution in [0, 0.1) is 5.82 Å². The first-order valence-corrected chi connectivity index (χ1v) is 12.8. The van der Waals surface area contributed by atoms with E-state index in [0.29, 0.717) is 6.54 Å². The number of urea groups is 1. The lowest BCUT2D eigenvalue weighted by Gasteiger charge is -2.44. The second-order valence-electron chi connectivity index (χ2n) is 10.6. The van der Waals surface area contributed by atoms with Gasteiger partial charge < -0.3 is 10.2 Å². The van der Waals surface area contributed by atoms with Crippen LogP contribution in [0.3, 0.4) is 0 Å². The van der Waals surface area contributed by atoms with Gasteiger partial charge in [0.2, 0.25) is 0 Å². The molecule has 2 aliphatic heterocycles. The number of halogens is 1. The van der Waals surface area contributed by atoms with Gasteiger partial charge in [-0.2, -0.15) is 5.10 Å². The topological polar surface area (TPSA) is 63.1 Å². The highest BCUT2D eigenvalue weighted by Gasteiger charge is 2.48. The normalized spacial score (nSPS) is 22.1. The summed E-state index contributed by atoms with van der Waals surface area (Å²) in [5.74, 6) is -0.252. The summed E-state index contributed by atoms with van der Waals surface area (Å²) in [6.45, 7) is 2.29. The number of para-hydroxylation sites is 1. The molecule has 7 rings (SSSR count). The largest absolute Gasteiger partial charge is 0.328 e. The highest BCUT2D eigenvalue weighted by atomic mass is 19.1. The highest BCUT2D eigenvalue weighted by Crippen LogP contribution is 2.45. The predicted molar refractivity (Wildman–Crippen MR) is 136 cm³/mol. The van der Waals surface area contributed by atoms with Crippen LogP contribution in [0.2, 0.25) is 0 Å².